The fourth-order valence-electron chi connectivity index (χ4n) is 4.66. The number of aromatic hydroxyl groups is 1. The van der Waals surface area contributed by atoms with E-state index in [2.05, 4.69) is 16.3 Å². The molecule has 2 atom stereocenters. The number of aliphatic hydroxyl groups excluding tert-OH is 3. The maximum absolute atomic E-state index is 12.4. The first kappa shape index (κ1) is 25.7. The van der Waals surface area contributed by atoms with Crippen molar-refractivity contribution in [1.82, 2.24) is 10.2 Å². The predicted molar refractivity (Wildman–Crippen MR) is 129 cm³/mol. The van der Waals surface area contributed by atoms with Crippen molar-refractivity contribution in [3.63, 3.8) is 0 Å². The van der Waals surface area contributed by atoms with Gasteiger partial charge in [0.1, 0.15) is 24.2 Å². The van der Waals surface area contributed by atoms with Crippen LogP contribution < -0.4 is 10.1 Å². The average molecular weight is 507 g/mol. The molecule has 1 fully saturated rings. The molecule has 1 spiro atoms. The Hall–Kier alpha value is -2.40. The Morgan fingerprint density at radius 2 is 1.94 bits per heavy atom. The zero-order valence-corrected chi connectivity index (χ0v) is 20.1. The summed E-state index contributed by atoms with van der Waals surface area (Å²) in [7, 11) is 0. The average Bonchev–Trinajstić information content (AvgIpc) is 3.19. The quantitative estimate of drug-likeness (QED) is 0.345. The van der Waals surface area contributed by atoms with Crippen molar-refractivity contribution in [2.45, 2.75) is 37.3 Å². The van der Waals surface area contributed by atoms with Crippen LogP contribution in [0.2, 0.25) is 5.02 Å². The topological polar surface area (TPSA) is 132 Å². The second-order valence-corrected chi connectivity index (χ2v) is 9.51. The SMILES string of the molecule is O=C(NCC(O)CO)c1ccc(O)cc1OC[C@H](O)CN1CCC2(CC1)OCc1cc(Cl)ccc12. The molecule has 0 aliphatic carbocycles. The van der Waals surface area contributed by atoms with Crippen molar-refractivity contribution < 1.29 is 34.7 Å². The molecule has 1 amide bonds. The Balaban J connectivity index is 1.29. The number of piperidine rings is 1. The van der Waals surface area contributed by atoms with Crippen LogP contribution in [0.5, 0.6) is 11.5 Å². The fourth-order valence-corrected chi connectivity index (χ4v) is 4.85. The number of aliphatic hydroxyl groups is 3. The molecule has 0 aromatic heterocycles. The standard InChI is InChI=1S/C25H31ClN2O7/c26-17-1-4-22-16(9-17)14-35-25(22)5-7-28(8-6-25)12-20(32)15-34-23-10-18(30)2-3-21(23)24(33)27-11-19(31)13-29/h1-4,9-10,19-20,29-32H,5-8,11-15H2,(H,27,33)/t19?,20-/m1/s1. The molecule has 2 aliphatic rings. The molecule has 2 aromatic carbocycles. The van der Waals surface area contributed by atoms with E-state index in [9.17, 15) is 20.1 Å². The van der Waals surface area contributed by atoms with Gasteiger partial charge in [-0.05, 0) is 48.2 Å². The third-order valence-corrected chi connectivity index (χ3v) is 6.78. The summed E-state index contributed by atoms with van der Waals surface area (Å²) in [6, 6.07) is 9.96. The van der Waals surface area contributed by atoms with Gasteiger partial charge in [-0.2, -0.15) is 0 Å². The van der Waals surface area contributed by atoms with Gasteiger partial charge in [0.2, 0.25) is 0 Å². The monoisotopic (exact) mass is 506 g/mol. The molecule has 35 heavy (non-hydrogen) atoms. The zero-order valence-electron chi connectivity index (χ0n) is 19.3. The number of hydrogen-bond acceptors (Lipinski definition) is 8. The van der Waals surface area contributed by atoms with Crippen LogP contribution in [0, 0.1) is 0 Å². The first-order valence-electron chi connectivity index (χ1n) is 11.7. The predicted octanol–water partition coefficient (Wildman–Crippen LogP) is 1.39. The maximum Gasteiger partial charge on any atom is 0.255 e. The number of halogens is 1. The smallest absolute Gasteiger partial charge is 0.255 e. The van der Waals surface area contributed by atoms with E-state index < -0.39 is 24.7 Å². The highest BCUT2D eigenvalue weighted by atomic mass is 35.5. The molecule has 190 valence electrons. The first-order chi connectivity index (χ1) is 16.8. The number of benzene rings is 2. The lowest BCUT2D eigenvalue weighted by Gasteiger charge is -2.39. The summed E-state index contributed by atoms with van der Waals surface area (Å²) in [5.74, 6) is -0.491. The molecule has 10 heteroatoms. The lowest BCUT2D eigenvalue weighted by Crippen LogP contribution is -2.46. The summed E-state index contributed by atoms with van der Waals surface area (Å²) in [5, 5.41) is 41.9. The normalized spacial score (nSPS) is 18.7. The lowest BCUT2D eigenvalue weighted by molar-refractivity contribution is -0.0835. The molecule has 2 heterocycles. The molecule has 0 radical (unpaired) electrons. The number of carbonyl (C=O) groups is 1. The molecular weight excluding hydrogens is 476 g/mol. The van der Waals surface area contributed by atoms with Gasteiger partial charge in [-0.15, -0.1) is 0 Å². The molecule has 9 nitrogen and oxygen atoms in total. The third-order valence-electron chi connectivity index (χ3n) is 6.54. The van der Waals surface area contributed by atoms with Crippen LogP contribution in [0.4, 0.5) is 0 Å². The number of likely N-dealkylation sites (tertiary alicyclic amines) is 1. The van der Waals surface area contributed by atoms with Crippen molar-refractivity contribution in [2.24, 2.45) is 0 Å². The minimum atomic E-state index is -1.08. The zero-order chi connectivity index (χ0) is 25.0. The molecule has 0 bridgehead atoms. The molecule has 5 N–H and O–H groups in total. The van der Waals surface area contributed by atoms with E-state index in [0.29, 0.717) is 18.2 Å². The highest BCUT2D eigenvalue weighted by Gasteiger charge is 2.42. The molecule has 2 aliphatic heterocycles. The summed E-state index contributed by atoms with van der Waals surface area (Å²) in [6.45, 7) is 1.80. The number of rotatable bonds is 9. The van der Waals surface area contributed by atoms with Crippen LogP contribution in [-0.2, 0) is 16.9 Å². The maximum atomic E-state index is 12.4. The molecule has 2 aromatic rings. The second-order valence-electron chi connectivity index (χ2n) is 9.08. The van der Waals surface area contributed by atoms with Crippen molar-refractivity contribution in [3.8, 4) is 11.5 Å². The minimum Gasteiger partial charge on any atom is -0.508 e. The van der Waals surface area contributed by atoms with Gasteiger partial charge in [0.25, 0.3) is 5.91 Å². The van der Waals surface area contributed by atoms with Gasteiger partial charge >= 0.3 is 0 Å². The number of phenolic OH excluding ortho intramolecular Hbond substituents is 1. The van der Waals surface area contributed by atoms with Gasteiger partial charge < -0.3 is 40.1 Å². The lowest BCUT2D eigenvalue weighted by atomic mass is 9.84. The Morgan fingerprint density at radius 3 is 2.69 bits per heavy atom. The molecule has 1 unspecified atom stereocenters. The van der Waals surface area contributed by atoms with Crippen molar-refractivity contribution in [3.05, 3.63) is 58.1 Å². The Kier molecular flexibility index (Phi) is 8.16. The van der Waals surface area contributed by atoms with Crippen LogP contribution in [0.3, 0.4) is 0 Å². The van der Waals surface area contributed by atoms with Gasteiger partial charge in [-0.25, -0.2) is 0 Å². The third kappa shape index (κ3) is 6.06. The Morgan fingerprint density at radius 1 is 1.17 bits per heavy atom. The fraction of sp³-hybridized carbons (Fsp3) is 0.480. The summed E-state index contributed by atoms with van der Waals surface area (Å²) in [6.07, 6.45) is -0.265. The van der Waals surface area contributed by atoms with E-state index >= 15 is 0 Å². The van der Waals surface area contributed by atoms with Crippen LogP contribution in [-0.4, -0.2) is 82.8 Å². The molecule has 0 saturated carbocycles. The summed E-state index contributed by atoms with van der Waals surface area (Å²) in [4.78, 5) is 14.6. The van der Waals surface area contributed by atoms with Gasteiger partial charge in [0.15, 0.2) is 0 Å². The summed E-state index contributed by atoms with van der Waals surface area (Å²) >= 11 is 6.12. The second kappa shape index (κ2) is 11.1. The number of amides is 1. The molecular formula is C25H31ClN2O7. The van der Waals surface area contributed by atoms with E-state index in [1.807, 2.05) is 12.1 Å². The number of fused-ring (bicyclic) bond motifs is 2. The van der Waals surface area contributed by atoms with Crippen molar-refractivity contribution >= 4 is 17.5 Å². The summed E-state index contributed by atoms with van der Waals surface area (Å²) < 4.78 is 11.9. The van der Waals surface area contributed by atoms with Crippen molar-refractivity contribution in [2.75, 3.05) is 39.4 Å². The number of carbonyl (C=O) groups excluding carboxylic acids is 1. The van der Waals surface area contributed by atoms with E-state index in [1.54, 1.807) is 0 Å². The Bertz CT molecular complexity index is 1040. The molecule has 1 saturated heterocycles. The number of nitrogens with one attached hydrogen (secondary N) is 1. The van der Waals surface area contributed by atoms with E-state index in [1.165, 1.54) is 23.8 Å². The number of phenols is 1. The van der Waals surface area contributed by atoms with Crippen molar-refractivity contribution in [1.29, 1.82) is 0 Å². The van der Waals surface area contributed by atoms with E-state index in [0.717, 1.165) is 31.5 Å². The minimum absolute atomic E-state index is 0.0670. The van der Waals surface area contributed by atoms with Gasteiger partial charge in [-0.3, -0.25) is 4.79 Å². The largest absolute Gasteiger partial charge is 0.508 e. The first-order valence-corrected chi connectivity index (χ1v) is 12.0. The van der Waals surface area contributed by atoms with Crippen LogP contribution >= 0.6 is 11.6 Å². The number of hydrogen-bond donors (Lipinski definition) is 5. The van der Waals surface area contributed by atoms with Crippen LogP contribution in [0.1, 0.15) is 34.3 Å². The van der Waals surface area contributed by atoms with Gasteiger partial charge in [-0.1, -0.05) is 17.7 Å². The number of β-amino-alcohol motifs (C(OH)–C–C–N with tert-alkyl or cyclic N) is 1. The number of ether oxygens (including phenoxy) is 2. The van der Waals surface area contributed by atoms with E-state index in [-0.39, 0.29) is 35.8 Å². The summed E-state index contributed by atoms with van der Waals surface area (Å²) in [5.41, 5.74) is 2.19. The van der Waals surface area contributed by atoms with Gasteiger partial charge in [0, 0.05) is 37.3 Å². The highest BCUT2D eigenvalue weighted by molar-refractivity contribution is 6.30. The number of nitrogens with zero attached hydrogens (tertiary/aromatic N) is 1. The Labute approximate surface area is 208 Å². The van der Waals surface area contributed by atoms with E-state index in [4.69, 9.17) is 26.2 Å². The van der Waals surface area contributed by atoms with Gasteiger partial charge in [0.05, 0.1) is 30.5 Å². The molecule has 4 rings (SSSR count). The van der Waals surface area contributed by atoms with Crippen LogP contribution in [0.25, 0.3) is 0 Å². The highest BCUT2D eigenvalue weighted by Crippen LogP contribution is 2.44. The van der Waals surface area contributed by atoms with Crippen LogP contribution in [0.15, 0.2) is 36.4 Å².